The van der Waals surface area contributed by atoms with Gasteiger partial charge in [0.1, 0.15) is 17.7 Å². The van der Waals surface area contributed by atoms with E-state index in [-0.39, 0.29) is 48.7 Å². The van der Waals surface area contributed by atoms with Gasteiger partial charge in [-0.05, 0) is 43.2 Å². The molecule has 0 spiro atoms. The Morgan fingerprint density at radius 2 is 1.89 bits per heavy atom. The molecule has 1 unspecified atom stereocenters. The van der Waals surface area contributed by atoms with Crippen molar-refractivity contribution in [2.75, 3.05) is 11.1 Å². The highest BCUT2D eigenvalue weighted by Gasteiger charge is 2.41. The summed E-state index contributed by atoms with van der Waals surface area (Å²) in [6, 6.07) is 14.2. The van der Waals surface area contributed by atoms with E-state index in [0.717, 1.165) is 11.3 Å². The smallest absolute Gasteiger partial charge is 0.270 e. The van der Waals surface area contributed by atoms with Crippen molar-refractivity contribution >= 4 is 52.0 Å². The van der Waals surface area contributed by atoms with Crippen LogP contribution in [-0.2, 0) is 20.9 Å². The molecule has 3 aromatic rings. The number of amidine groups is 2. The number of carbonyl (C=O) groups is 3. The summed E-state index contributed by atoms with van der Waals surface area (Å²) in [5, 5.41) is 12.8. The number of thioether (sulfide) groups is 1. The third-order valence-corrected chi connectivity index (χ3v) is 6.91. The first-order chi connectivity index (χ1) is 18.4. The molecule has 5 rings (SSSR count). The molecule has 0 saturated carbocycles. The number of anilines is 1. The number of aromatic amines is 1. The van der Waals surface area contributed by atoms with Gasteiger partial charge in [0.15, 0.2) is 11.0 Å². The summed E-state index contributed by atoms with van der Waals surface area (Å²) >= 11 is 1.18. The predicted molar refractivity (Wildman–Crippen MR) is 143 cm³/mol. The second-order valence-corrected chi connectivity index (χ2v) is 9.73. The van der Waals surface area contributed by atoms with Gasteiger partial charge in [-0.15, -0.1) is 0 Å². The van der Waals surface area contributed by atoms with E-state index in [4.69, 9.17) is 4.99 Å². The fraction of sp³-hybridized carbons (Fsp3) is 0.231. The number of H-pyrrole nitrogens is 1. The fourth-order valence-corrected chi connectivity index (χ4v) is 4.97. The molecule has 0 fully saturated rings. The maximum atomic E-state index is 13.1. The van der Waals surface area contributed by atoms with Gasteiger partial charge in [-0.1, -0.05) is 36.0 Å². The number of nitrogens with zero attached hydrogens (tertiary/aromatic N) is 4. The quantitative estimate of drug-likeness (QED) is 0.407. The van der Waals surface area contributed by atoms with E-state index in [1.54, 1.807) is 23.1 Å². The van der Waals surface area contributed by atoms with Gasteiger partial charge in [0, 0.05) is 30.3 Å². The van der Waals surface area contributed by atoms with Gasteiger partial charge in [0.05, 0.1) is 11.4 Å². The zero-order chi connectivity index (χ0) is 26.6. The lowest BCUT2D eigenvalue weighted by Gasteiger charge is -2.31. The molecule has 0 saturated heterocycles. The summed E-state index contributed by atoms with van der Waals surface area (Å²) in [7, 11) is 0. The van der Waals surface area contributed by atoms with Crippen molar-refractivity contribution in [3.05, 3.63) is 77.2 Å². The van der Waals surface area contributed by atoms with E-state index >= 15 is 0 Å². The number of aryl methyl sites for hydroxylation is 1. The lowest BCUT2D eigenvalue weighted by atomic mass is 10.1. The first-order valence-electron chi connectivity index (χ1n) is 11.9. The molecule has 1 aromatic heterocycles. The molecule has 2 aromatic carbocycles. The Hall–Kier alpha value is -4.32. The van der Waals surface area contributed by atoms with Crippen LogP contribution in [0.5, 0.6) is 0 Å². The molecular weight excluding hydrogens is 509 g/mol. The van der Waals surface area contributed by atoms with E-state index in [0.29, 0.717) is 28.1 Å². The monoisotopic (exact) mass is 533 g/mol. The molecule has 38 heavy (non-hydrogen) atoms. The van der Waals surface area contributed by atoms with E-state index in [1.807, 2.05) is 31.2 Å². The minimum Gasteiger partial charge on any atom is -0.352 e. The summed E-state index contributed by atoms with van der Waals surface area (Å²) in [6.07, 6.45) is 0.289. The lowest BCUT2D eigenvalue weighted by molar-refractivity contribution is -0.122. The average Bonchev–Trinajstić information content (AvgIpc) is 3.47. The normalized spacial score (nSPS) is 15.9. The van der Waals surface area contributed by atoms with Crippen molar-refractivity contribution < 1.29 is 18.8 Å². The molecule has 3 amide bonds. The Balaban J connectivity index is 1.26. The number of carbonyl (C=O) groups excluding carboxylic acids is 3. The molecular formula is C26H24FN7O3S. The summed E-state index contributed by atoms with van der Waals surface area (Å²) in [5.74, 6) is -0.307. The van der Waals surface area contributed by atoms with Crippen LogP contribution in [0.25, 0.3) is 0 Å². The Bertz CT molecular complexity index is 1450. The number of aliphatic imine (C=N–C) groups is 2. The van der Waals surface area contributed by atoms with Gasteiger partial charge in [0.25, 0.3) is 5.91 Å². The highest BCUT2D eigenvalue weighted by molar-refractivity contribution is 8.14. The molecule has 1 atom stereocenters. The van der Waals surface area contributed by atoms with Crippen LogP contribution in [0.15, 0.2) is 64.6 Å². The van der Waals surface area contributed by atoms with Crippen LogP contribution >= 0.6 is 11.8 Å². The maximum Gasteiger partial charge on any atom is 0.270 e. The van der Waals surface area contributed by atoms with E-state index in [9.17, 15) is 18.8 Å². The van der Waals surface area contributed by atoms with Gasteiger partial charge in [-0.25, -0.2) is 9.38 Å². The zero-order valence-electron chi connectivity index (χ0n) is 20.4. The van der Waals surface area contributed by atoms with Crippen molar-refractivity contribution in [3.63, 3.8) is 0 Å². The number of amides is 3. The number of halogens is 1. The molecule has 0 bridgehead atoms. The van der Waals surface area contributed by atoms with E-state index in [1.165, 1.54) is 23.9 Å². The van der Waals surface area contributed by atoms with Gasteiger partial charge >= 0.3 is 0 Å². The zero-order valence-corrected chi connectivity index (χ0v) is 21.2. The summed E-state index contributed by atoms with van der Waals surface area (Å²) in [5.41, 5.74) is 2.95. The largest absolute Gasteiger partial charge is 0.352 e. The maximum absolute atomic E-state index is 13.1. The van der Waals surface area contributed by atoms with Crippen molar-refractivity contribution in [2.45, 2.75) is 32.4 Å². The van der Waals surface area contributed by atoms with Crippen LogP contribution in [0.1, 0.15) is 29.7 Å². The molecule has 0 aliphatic carbocycles. The highest BCUT2D eigenvalue weighted by atomic mass is 32.2. The van der Waals surface area contributed by atoms with Crippen LogP contribution in [-0.4, -0.2) is 55.6 Å². The molecule has 12 heteroatoms. The minimum absolute atomic E-state index is 0.0375. The van der Waals surface area contributed by atoms with Crippen LogP contribution in [0.4, 0.5) is 15.9 Å². The molecule has 194 valence electrons. The Morgan fingerprint density at radius 1 is 1.11 bits per heavy atom. The minimum atomic E-state index is -0.724. The Labute approximate surface area is 221 Å². The van der Waals surface area contributed by atoms with Gasteiger partial charge in [0.2, 0.25) is 11.8 Å². The molecule has 2 aliphatic heterocycles. The van der Waals surface area contributed by atoms with Crippen molar-refractivity contribution in [1.82, 2.24) is 20.4 Å². The third kappa shape index (κ3) is 5.65. The molecule has 10 nitrogen and oxygen atoms in total. The number of rotatable bonds is 8. The molecule has 2 aliphatic rings. The summed E-state index contributed by atoms with van der Waals surface area (Å²) in [4.78, 5) is 48.7. The number of benzene rings is 2. The highest BCUT2D eigenvalue weighted by Crippen LogP contribution is 2.35. The predicted octanol–water partition coefficient (Wildman–Crippen LogP) is 3.28. The number of para-hydroxylation sites is 1. The van der Waals surface area contributed by atoms with Gasteiger partial charge in [-0.2, -0.15) is 10.1 Å². The SMILES string of the molecule is Cc1cc(NC(=O)CSC2=Nc3ccccc3C3=NC(=O)C(CCC(=O)NCc4ccc(F)cc4)N23)n[nH]1. The number of fused-ring (bicyclic) bond motifs is 3. The average molecular weight is 534 g/mol. The summed E-state index contributed by atoms with van der Waals surface area (Å²) in [6.45, 7) is 2.09. The van der Waals surface area contributed by atoms with Crippen molar-refractivity contribution in [3.8, 4) is 0 Å². The number of nitrogens with one attached hydrogen (secondary N) is 3. The van der Waals surface area contributed by atoms with Crippen molar-refractivity contribution in [2.24, 2.45) is 9.98 Å². The lowest BCUT2D eigenvalue weighted by Crippen LogP contribution is -2.44. The first kappa shape index (κ1) is 25.3. The van der Waals surface area contributed by atoms with Crippen molar-refractivity contribution in [1.29, 1.82) is 0 Å². The van der Waals surface area contributed by atoms with Crippen LogP contribution in [0, 0.1) is 12.7 Å². The number of hydrogen-bond donors (Lipinski definition) is 3. The topological polar surface area (TPSA) is 132 Å². The van der Waals surface area contributed by atoms with E-state index in [2.05, 4.69) is 25.8 Å². The van der Waals surface area contributed by atoms with Crippen LogP contribution < -0.4 is 10.6 Å². The standard InChI is InChI=1S/C26H24FN7O3S/c1-15-12-21(33-32-15)30-23(36)14-38-26-29-19-5-3-2-4-18(19)24-31-25(37)20(34(24)26)10-11-22(35)28-13-16-6-8-17(27)9-7-16/h2-9,12,20H,10-11,13-14H2,1H3,(H,28,35)(H2,30,32,33,36). The Morgan fingerprint density at radius 3 is 2.66 bits per heavy atom. The first-order valence-corrected chi connectivity index (χ1v) is 12.9. The summed E-state index contributed by atoms with van der Waals surface area (Å²) < 4.78 is 13.1. The molecule has 3 heterocycles. The molecule has 3 N–H and O–H groups in total. The van der Waals surface area contributed by atoms with Crippen LogP contribution in [0.3, 0.4) is 0 Å². The number of aromatic nitrogens is 2. The van der Waals surface area contributed by atoms with E-state index < -0.39 is 6.04 Å². The molecule has 0 radical (unpaired) electrons. The van der Waals surface area contributed by atoms with Crippen LogP contribution in [0.2, 0.25) is 0 Å². The second-order valence-electron chi connectivity index (χ2n) is 8.79. The van der Waals surface area contributed by atoms with Gasteiger partial charge < -0.3 is 10.6 Å². The Kier molecular flexibility index (Phi) is 7.31. The fourth-order valence-electron chi connectivity index (χ4n) is 4.13. The third-order valence-electron chi connectivity index (χ3n) is 5.96. The second kappa shape index (κ2) is 11.0. The number of hydrogen-bond acceptors (Lipinski definition) is 7. The van der Waals surface area contributed by atoms with Gasteiger partial charge in [-0.3, -0.25) is 24.4 Å².